The van der Waals surface area contributed by atoms with Crippen LogP contribution in [0.4, 0.5) is 15.9 Å². The van der Waals surface area contributed by atoms with Crippen molar-refractivity contribution in [3.05, 3.63) is 53.5 Å². The van der Waals surface area contributed by atoms with Crippen LogP contribution < -0.4 is 14.5 Å². The van der Waals surface area contributed by atoms with Gasteiger partial charge >= 0.3 is 6.01 Å². The van der Waals surface area contributed by atoms with Crippen molar-refractivity contribution in [2.75, 3.05) is 49.6 Å². The van der Waals surface area contributed by atoms with Crippen LogP contribution in [0.1, 0.15) is 30.7 Å². The van der Waals surface area contributed by atoms with E-state index in [0.717, 1.165) is 22.6 Å². The van der Waals surface area contributed by atoms with Gasteiger partial charge in [0.1, 0.15) is 11.6 Å². The molecule has 2 aliphatic heterocycles. The standard InChI is InChI=1S/C26H32FN5O3/c1-5-20-21(15-18-14-17-8-9-19(27)16-22(17)30(4)25(18)34)28-26(35-7-3)29-24(20)32-12-10-31(11-13-32)23(33)6-2/h6,8-9,16,18H,2,5,7,10-15H2,1,3-4H3/t18-/m0/s1. The lowest BCUT2D eigenvalue weighted by Gasteiger charge is -2.36. The zero-order valence-electron chi connectivity index (χ0n) is 20.6. The van der Waals surface area contributed by atoms with E-state index in [-0.39, 0.29) is 23.5 Å². The van der Waals surface area contributed by atoms with E-state index in [1.54, 1.807) is 22.9 Å². The first kappa shape index (κ1) is 24.6. The predicted octanol–water partition coefficient (Wildman–Crippen LogP) is 2.79. The molecule has 186 valence electrons. The summed E-state index contributed by atoms with van der Waals surface area (Å²) in [6.45, 7) is 10.4. The van der Waals surface area contributed by atoms with Gasteiger partial charge in [0, 0.05) is 56.8 Å². The smallest absolute Gasteiger partial charge is 0.318 e. The van der Waals surface area contributed by atoms with Gasteiger partial charge in [0.15, 0.2) is 0 Å². The van der Waals surface area contributed by atoms with Crippen molar-refractivity contribution in [2.24, 2.45) is 5.92 Å². The van der Waals surface area contributed by atoms with Crippen LogP contribution in [0.5, 0.6) is 6.01 Å². The van der Waals surface area contributed by atoms with E-state index in [2.05, 4.69) is 18.4 Å². The summed E-state index contributed by atoms with van der Waals surface area (Å²) in [5.41, 5.74) is 3.34. The number of carbonyl (C=O) groups is 2. The zero-order valence-corrected chi connectivity index (χ0v) is 20.6. The summed E-state index contributed by atoms with van der Waals surface area (Å²) in [6, 6.07) is 4.89. The second kappa shape index (κ2) is 10.4. The fraction of sp³-hybridized carbons (Fsp3) is 0.462. The molecule has 1 aromatic heterocycles. The Morgan fingerprint density at radius 3 is 2.63 bits per heavy atom. The highest BCUT2D eigenvalue weighted by Crippen LogP contribution is 2.34. The summed E-state index contributed by atoms with van der Waals surface area (Å²) in [7, 11) is 1.69. The first-order chi connectivity index (χ1) is 16.9. The number of halogens is 1. The fourth-order valence-corrected chi connectivity index (χ4v) is 4.91. The second-order valence-corrected chi connectivity index (χ2v) is 8.83. The molecule has 4 rings (SSSR count). The highest BCUT2D eigenvalue weighted by Gasteiger charge is 2.33. The lowest BCUT2D eigenvalue weighted by molar-refractivity contribution is -0.126. The number of piperazine rings is 1. The summed E-state index contributed by atoms with van der Waals surface area (Å²) in [4.78, 5) is 40.1. The van der Waals surface area contributed by atoms with Crippen molar-refractivity contribution in [1.82, 2.24) is 14.9 Å². The van der Waals surface area contributed by atoms with E-state index in [9.17, 15) is 14.0 Å². The third-order valence-corrected chi connectivity index (χ3v) is 6.74. The summed E-state index contributed by atoms with van der Waals surface area (Å²) in [5, 5.41) is 0. The molecule has 0 radical (unpaired) electrons. The molecule has 1 fully saturated rings. The Morgan fingerprint density at radius 2 is 1.97 bits per heavy atom. The maximum atomic E-state index is 13.8. The Bertz CT molecular complexity index is 1130. The highest BCUT2D eigenvalue weighted by molar-refractivity contribution is 5.97. The molecule has 0 bridgehead atoms. The maximum absolute atomic E-state index is 13.8. The van der Waals surface area contributed by atoms with Crippen LogP contribution in [0.2, 0.25) is 0 Å². The Balaban J connectivity index is 1.64. The lowest BCUT2D eigenvalue weighted by atomic mass is 9.87. The van der Waals surface area contributed by atoms with Gasteiger partial charge in [-0.2, -0.15) is 9.97 Å². The SMILES string of the molecule is C=CC(=O)N1CCN(c2nc(OCC)nc(C[C@@H]3Cc4ccc(F)cc4N(C)C3=O)c2CC)CC1. The molecule has 1 aromatic carbocycles. The quantitative estimate of drug-likeness (QED) is 0.566. The number of carbonyl (C=O) groups excluding carboxylic acids is 2. The van der Waals surface area contributed by atoms with E-state index >= 15 is 0 Å². The van der Waals surface area contributed by atoms with Crippen LogP contribution in [0.15, 0.2) is 30.9 Å². The number of amides is 2. The van der Waals surface area contributed by atoms with E-state index in [0.29, 0.717) is 63.7 Å². The van der Waals surface area contributed by atoms with Crippen LogP contribution in [-0.4, -0.2) is 66.5 Å². The number of benzene rings is 1. The molecule has 2 aromatic rings. The minimum Gasteiger partial charge on any atom is -0.464 e. The van der Waals surface area contributed by atoms with Gasteiger partial charge in [-0.3, -0.25) is 9.59 Å². The third-order valence-electron chi connectivity index (χ3n) is 6.74. The molecule has 35 heavy (non-hydrogen) atoms. The van der Waals surface area contributed by atoms with Gasteiger partial charge in [0.25, 0.3) is 0 Å². The number of nitrogens with zero attached hydrogens (tertiary/aromatic N) is 5. The minimum absolute atomic E-state index is 0.0557. The van der Waals surface area contributed by atoms with Crippen molar-refractivity contribution in [2.45, 2.75) is 33.1 Å². The molecule has 0 N–H and O–H groups in total. The van der Waals surface area contributed by atoms with Gasteiger partial charge < -0.3 is 19.4 Å². The van der Waals surface area contributed by atoms with Crippen LogP contribution in [-0.2, 0) is 28.9 Å². The summed E-state index contributed by atoms with van der Waals surface area (Å²) >= 11 is 0. The van der Waals surface area contributed by atoms with Crippen molar-refractivity contribution >= 4 is 23.3 Å². The second-order valence-electron chi connectivity index (χ2n) is 8.83. The molecule has 2 aliphatic rings. The number of hydrogen-bond donors (Lipinski definition) is 0. The summed E-state index contributed by atoms with van der Waals surface area (Å²) in [5.74, 6) is -0.00115. The number of ether oxygens (including phenoxy) is 1. The fourth-order valence-electron chi connectivity index (χ4n) is 4.91. The summed E-state index contributed by atoms with van der Waals surface area (Å²) < 4.78 is 19.5. The van der Waals surface area contributed by atoms with Crippen LogP contribution in [0.25, 0.3) is 0 Å². The van der Waals surface area contributed by atoms with E-state index in [4.69, 9.17) is 14.7 Å². The van der Waals surface area contributed by atoms with Gasteiger partial charge in [-0.15, -0.1) is 0 Å². The average molecular weight is 482 g/mol. The van der Waals surface area contributed by atoms with Gasteiger partial charge in [-0.1, -0.05) is 19.6 Å². The van der Waals surface area contributed by atoms with Crippen molar-refractivity contribution < 1.29 is 18.7 Å². The van der Waals surface area contributed by atoms with Crippen LogP contribution >= 0.6 is 0 Å². The molecule has 1 saturated heterocycles. The molecule has 8 nitrogen and oxygen atoms in total. The topological polar surface area (TPSA) is 78.9 Å². The van der Waals surface area contributed by atoms with Gasteiger partial charge in [0.2, 0.25) is 11.8 Å². The van der Waals surface area contributed by atoms with E-state index < -0.39 is 0 Å². The van der Waals surface area contributed by atoms with Crippen LogP contribution in [0.3, 0.4) is 0 Å². The van der Waals surface area contributed by atoms with Gasteiger partial charge in [-0.25, -0.2) is 4.39 Å². The minimum atomic E-state index is -0.355. The van der Waals surface area contributed by atoms with Gasteiger partial charge in [0.05, 0.1) is 12.3 Å². The molecule has 0 spiro atoms. The molecule has 3 heterocycles. The van der Waals surface area contributed by atoms with Crippen molar-refractivity contribution in [3.8, 4) is 6.01 Å². The number of fused-ring (bicyclic) bond motifs is 1. The molecule has 1 atom stereocenters. The molecule has 9 heteroatoms. The van der Waals surface area contributed by atoms with E-state index in [1.807, 2.05) is 6.92 Å². The molecule has 0 saturated carbocycles. The van der Waals surface area contributed by atoms with E-state index in [1.165, 1.54) is 18.2 Å². The Kier molecular flexibility index (Phi) is 7.33. The highest BCUT2D eigenvalue weighted by atomic mass is 19.1. The average Bonchev–Trinajstić information content (AvgIpc) is 2.87. The van der Waals surface area contributed by atoms with Crippen molar-refractivity contribution in [1.29, 1.82) is 0 Å². The number of anilines is 2. The van der Waals surface area contributed by atoms with Gasteiger partial charge in [-0.05, 0) is 43.5 Å². The Labute approximate surface area is 205 Å². The first-order valence-electron chi connectivity index (χ1n) is 12.1. The first-order valence-corrected chi connectivity index (χ1v) is 12.1. The number of aromatic nitrogens is 2. The lowest BCUT2D eigenvalue weighted by Crippen LogP contribution is -2.49. The molecule has 0 unspecified atom stereocenters. The number of hydrogen-bond acceptors (Lipinski definition) is 6. The molecular weight excluding hydrogens is 449 g/mol. The zero-order chi connectivity index (χ0) is 25.1. The predicted molar refractivity (Wildman–Crippen MR) is 132 cm³/mol. The molecule has 2 amide bonds. The van der Waals surface area contributed by atoms with Crippen LogP contribution in [0, 0.1) is 11.7 Å². The molecular formula is C26H32FN5O3. The third kappa shape index (κ3) is 4.99. The van der Waals surface area contributed by atoms with Crippen molar-refractivity contribution in [3.63, 3.8) is 0 Å². The normalized spacial score (nSPS) is 17.9. The Hall–Kier alpha value is -3.49. The monoisotopic (exact) mass is 481 g/mol. The largest absolute Gasteiger partial charge is 0.464 e. The summed E-state index contributed by atoms with van der Waals surface area (Å²) in [6.07, 6.45) is 3.00. The number of rotatable bonds is 7. The Morgan fingerprint density at radius 1 is 1.23 bits per heavy atom. The maximum Gasteiger partial charge on any atom is 0.318 e. The molecule has 0 aliphatic carbocycles.